The van der Waals surface area contributed by atoms with Crippen LogP contribution in [0.1, 0.15) is 58.8 Å². The van der Waals surface area contributed by atoms with Crippen molar-refractivity contribution < 1.29 is 4.79 Å². The molecule has 0 spiro atoms. The van der Waals surface area contributed by atoms with Gasteiger partial charge in [0.15, 0.2) is 0 Å². The SMILES string of the molecule is CC(N)C(C)C(=O)N1CCCC1CC1CC2CCC1C2.Cl. The van der Waals surface area contributed by atoms with Gasteiger partial charge in [0.25, 0.3) is 0 Å². The van der Waals surface area contributed by atoms with Crippen molar-refractivity contribution in [3.8, 4) is 0 Å². The second-order valence-corrected chi connectivity index (χ2v) is 7.65. The summed E-state index contributed by atoms with van der Waals surface area (Å²) in [4.78, 5) is 14.7. The first-order valence-corrected chi connectivity index (χ1v) is 8.62. The van der Waals surface area contributed by atoms with E-state index in [1.54, 1.807) is 0 Å². The highest BCUT2D eigenvalue weighted by Gasteiger charge is 2.42. The zero-order valence-electron chi connectivity index (χ0n) is 13.5. The highest BCUT2D eigenvalue weighted by Crippen LogP contribution is 2.50. The number of hydrogen-bond acceptors (Lipinski definition) is 2. The molecule has 0 radical (unpaired) electrons. The number of likely N-dealkylation sites (tertiary alicyclic amines) is 1. The van der Waals surface area contributed by atoms with Gasteiger partial charge in [-0.15, -0.1) is 12.4 Å². The van der Waals surface area contributed by atoms with Gasteiger partial charge < -0.3 is 10.6 Å². The molecule has 4 heteroatoms. The van der Waals surface area contributed by atoms with Crippen LogP contribution in [-0.4, -0.2) is 29.4 Å². The van der Waals surface area contributed by atoms with E-state index in [0.29, 0.717) is 11.9 Å². The molecular formula is C17H31ClN2O. The fourth-order valence-corrected chi connectivity index (χ4v) is 4.87. The number of amides is 1. The molecule has 6 atom stereocenters. The smallest absolute Gasteiger partial charge is 0.227 e. The van der Waals surface area contributed by atoms with Crippen molar-refractivity contribution in [2.75, 3.05) is 6.54 Å². The molecule has 21 heavy (non-hydrogen) atoms. The van der Waals surface area contributed by atoms with E-state index >= 15 is 0 Å². The first-order valence-electron chi connectivity index (χ1n) is 8.62. The number of fused-ring (bicyclic) bond motifs is 2. The van der Waals surface area contributed by atoms with Crippen LogP contribution in [0.2, 0.25) is 0 Å². The largest absolute Gasteiger partial charge is 0.339 e. The van der Waals surface area contributed by atoms with Gasteiger partial charge in [-0.3, -0.25) is 4.79 Å². The molecule has 3 rings (SSSR count). The van der Waals surface area contributed by atoms with Gasteiger partial charge in [-0.1, -0.05) is 13.3 Å². The van der Waals surface area contributed by atoms with Gasteiger partial charge in [-0.2, -0.15) is 0 Å². The lowest BCUT2D eigenvalue weighted by Crippen LogP contribution is -2.44. The Morgan fingerprint density at radius 1 is 1.24 bits per heavy atom. The van der Waals surface area contributed by atoms with Gasteiger partial charge in [0.2, 0.25) is 5.91 Å². The lowest BCUT2D eigenvalue weighted by atomic mass is 9.83. The molecule has 0 aromatic rings. The minimum absolute atomic E-state index is 0. The van der Waals surface area contributed by atoms with Gasteiger partial charge in [0.05, 0.1) is 5.92 Å². The molecule has 1 heterocycles. The normalized spacial score (nSPS) is 37.4. The molecule has 6 unspecified atom stereocenters. The molecule has 3 fully saturated rings. The molecule has 1 aliphatic heterocycles. The number of carbonyl (C=O) groups excluding carboxylic acids is 1. The molecule has 3 nitrogen and oxygen atoms in total. The fraction of sp³-hybridized carbons (Fsp3) is 0.941. The van der Waals surface area contributed by atoms with Gasteiger partial charge in [0, 0.05) is 18.6 Å². The fourth-order valence-electron chi connectivity index (χ4n) is 4.87. The van der Waals surface area contributed by atoms with Crippen LogP contribution in [0.25, 0.3) is 0 Å². The summed E-state index contributed by atoms with van der Waals surface area (Å²) in [5.41, 5.74) is 5.92. The Balaban J connectivity index is 0.00000161. The van der Waals surface area contributed by atoms with Crippen molar-refractivity contribution in [3.63, 3.8) is 0 Å². The first-order chi connectivity index (χ1) is 9.56. The first kappa shape index (κ1) is 17.1. The summed E-state index contributed by atoms with van der Waals surface area (Å²) < 4.78 is 0. The lowest BCUT2D eigenvalue weighted by molar-refractivity contribution is -0.136. The van der Waals surface area contributed by atoms with Gasteiger partial charge >= 0.3 is 0 Å². The Morgan fingerprint density at radius 2 is 2.00 bits per heavy atom. The van der Waals surface area contributed by atoms with Crippen LogP contribution in [0.15, 0.2) is 0 Å². The van der Waals surface area contributed by atoms with Gasteiger partial charge in [-0.05, 0) is 63.2 Å². The molecular weight excluding hydrogens is 284 g/mol. The van der Waals surface area contributed by atoms with E-state index in [9.17, 15) is 4.79 Å². The van der Waals surface area contributed by atoms with Crippen molar-refractivity contribution in [2.24, 2.45) is 29.4 Å². The van der Waals surface area contributed by atoms with Crippen LogP contribution in [0, 0.1) is 23.7 Å². The van der Waals surface area contributed by atoms with E-state index in [4.69, 9.17) is 5.73 Å². The van der Waals surface area contributed by atoms with Gasteiger partial charge in [0.1, 0.15) is 0 Å². The van der Waals surface area contributed by atoms with Crippen molar-refractivity contribution in [1.29, 1.82) is 0 Å². The molecule has 122 valence electrons. The maximum Gasteiger partial charge on any atom is 0.227 e. The zero-order valence-corrected chi connectivity index (χ0v) is 14.3. The monoisotopic (exact) mass is 314 g/mol. The Labute approximate surface area is 135 Å². The van der Waals surface area contributed by atoms with E-state index in [1.807, 2.05) is 13.8 Å². The average molecular weight is 315 g/mol. The van der Waals surface area contributed by atoms with Crippen LogP contribution < -0.4 is 5.73 Å². The number of rotatable bonds is 4. The molecule has 0 aromatic carbocycles. The van der Waals surface area contributed by atoms with Crippen LogP contribution in [-0.2, 0) is 4.79 Å². The number of nitrogens with zero attached hydrogens (tertiary/aromatic N) is 1. The van der Waals surface area contributed by atoms with E-state index < -0.39 is 0 Å². The predicted molar refractivity (Wildman–Crippen MR) is 88.4 cm³/mol. The van der Waals surface area contributed by atoms with Crippen LogP contribution in [0.3, 0.4) is 0 Å². The number of carbonyl (C=O) groups is 1. The minimum Gasteiger partial charge on any atom is -0.339 e. The van der Waals surface area contributed by atoms with Crippen molar-refractivity contribution in [3.05, 3.63) is 0 Å². The highest BCUT2D eigenvalue weighted by molar-refractivity contribution is 5.85. The summed E-state index contributed by atoms with van der Waals surface area (Å²) in [6.45, 7) is 4.89. The standard InChI is InChI=1S/C17H30N2O.ClH/c1-11(12(2)18)17(20)19-7-3-4-16(19)10-15-9-13-5-6-14(15)8-13;/h11-16H,3-10,18H2,1-2H3;1H. The molecule has 2 bridgehead atoms. The lowest BCUT2D eigenvalue weighted by Gasteiger charge is -2.32. The summed E-state index contributed by atoms with van der Waals surface area (Å²) in [7, 11) is 0. The molecule has 1 saturated heterocycles. The average Bonchev–Trinajstić information content (AvgIpc) is 3.12. The van der Waals surface area contributed by atoms with Crippen molar-refractivity contribution in [2.45, 2.75) is 70.9 Å². The number of hydrogen-bond donors (Lipinski definition) is 1. The predicted octanol–water partition coefficient (Wildman–Crippen LogP) is 3.21. The molecule has 3 aliphatic rings. The molecule has 1 amide bonds. The third-order valence-corrected chi connectivity index (χ3v) is 6.30. The summed E-state index contributed by atoms with van der Waals surface area (Å²) in [6.07, 6.45) is 9.49. The molecule has 2 aliphatic carbocycles. The van der Waals surface area contributed by atoms with Crippen LogP contribution in [0.4, 0.5) is 0 Å². The van der Waals surface area contributed by atoms with E-state index in [0.717, 1.165) is 24.3 Å². The quantitative estimate of drug-likeness (QED) is 0.866. The summed E-state index contributed by atoms with van der Waals surface area (Å²) in [6, 6.07) is 0.472. The summed E-state index contributed by atoms with van der Waals surface area (Å²) in [5.74, 6) is 3.15. The number of nitrogens with two attached hydrogens (primary N) is 1. The summed E-state index contributed by atoms with van der Waals surface area (Å²) >= 11 is 0. The highest BCUT2D eigenvalue weighted by atomic mass is 35.5. The Kier molecular flexibility index (Phi) is 5.59. The van der Waals surface area contributed by atoms with Crippen LogP contribution in [0.5, 0.6) is 0 Å². The van der Waals surface area contributed by atoms with E-state index in [-0.39, 0.29) is 24.4 Å². The Hall–Kier alpha value is -0.280. The Bertz CT molecular complexity index is 374. The van der Waals surface area contributed by atoms with Crippen molar-refractivity contribution in [1.82, 2.24) is 4.90 Å². The second-order valence-electron chi connectivity index (χ2n) is 7.65. The molecule has 2 saturated carbocycles. The molecule has 0 aromatic heterocycles. The third kappa shape index (κ3) is 3.39. The third-order valence-electron chi connectivity index (χ3n) is 6.30. The molecule has 2 N–H and O–H groups in total. The maximum absolute atomic E-state index is 12.6. The van der Waals surface area contributed by atoms with E-state index in [2.05, 4.69) is 4.90 Å². The summed E-state index contributed by atoms with van der Waals surface area (Å²) in [5, 5.41) is 0. The van der Waals surface area contributed by atoms with Gasteiger partial charge in [-0.25, -0.2) is 0 Å². The zero-order chi connectivity index (χ0) is 14.3. The Morgan fingerprint density at radius 3 is 2.57 bits per heavy atom. The minimum atomic E-state index is -0.0359. The van der Waals surface area contributed by atoms with Crippen molar-refractivity contribution >= 4 is 18.3 Å². The van der Waals surface area contributed by atoms with Crippen LogP contribution >= 0.6 is 12.4 Å². The van der Waals surface area contributed by atoms with E-state index in [1.165, 1.54) is 44.9 Å². The number of halogens is 1. The topological polar surface area (TPSA) is 46.3 Å². The second kappa shape index (κ2) is 6.87. The maximum atomic E-state index is 12.6.